The number of ketones is 1. The molecule has 0 aromatic rings. The third-order valence-corrected chi connectivity index (χ3v) is 2.71. The van der Waals surface area contributed by atoms with Crippen LogP contribution < -0.4 is 0 Å². The third kappa shape index (κ3) is 2.86. The number of unbranched alkanes of at least 4 members (excludes halogenated alkanes) is 1. The van der Waals surface area contributed by atoms with Crippen LogP contribution in [0.15, 0.2) is 11.8 Å². The van der Waals surface area contributed by atoms with E-state index < -0.39 is 0 Å². The second-order valence-electron chi connectivity index (χ2n) is 4.56. The lowest BCUT2D eigenvalue weighted by Crippen LogP contribution is -2.24. The summed E-state index contributed by atoms with van der Waals surface area (Å²) in [6.45, 7) is 7.14. The summed E-state index contributed by atoms with van der Waals surface area (Å²) < 4.78 is 5.65. The Balaban J connectivity index is 2.57. The van der Waals surface area contributed by atoms with E-state index in [-0.39, 0.29) is 11.2 Å². The first-order chi connectivity index (χ1) is 6.56. The molecule has 0 unspecified atom stereocenters. The summed E-state index contributed by atoms with van der Waals surface area (Å²) in [5.74, 6) is 1.08. The second-order valence-corrected chi connectivity index (χ2v) is 4.56. The third-order valence-electron chi connectivity index (χ3n) is 2.71. The van der Waals surface area contributed by atoms with Gasteiger partial charge in [0.1, 0.15) is 5.76 Å². The van der Waals surface area contributed by atoms with Gasteiger partial charge in [-0.15, -0.1) is 0 Å². The molecule has 1 aliphatic rings. The standard InChI is InChI=1S/C12H20O2/c1-4-5-8-14-11-9-10(13)6-7-12(11,2)3/h9H,4-8H2,1-3H3. The maximum Gasteiger partial charge on any atom is 0.159 e. The minimum atomic E-state index is 0.0433. The van der Waals surface area contributed by atoms with Gasteiger partial charge >= 0.3 is 0 Å². The SMILES string of the molecule is CCCCOC1=CC(=O)CCC1(C)C. The van der Waals surface area contributed by atoms with Crippen molar-refractivity contribution in [2.24, 2.45) is 5.41 Å². The zero-order chi connectivity index (χ0) is 10.6. The van der Waals surface area contributed by atoms with Crippen molar-refractivity contribution in [1.29, 1.82) is 0 Å². The summed E-state index contributed by atoms with van der Waals surface area (Å²) >= 11 is 0. The van der Waals surface area contributed by atoms with Gasteiger partial charge < -0.3 is 4.74 Å². The highest BCUT2D eigenvalue weighted by molar-refractivity contribution is 5.91. The molecular formula is C12H20O2. The van der Waals surface area contributed by atoms with Gasteiger partial charge in [-0.25, -0.2) is 0 Å². The first-order valence-corrected chi connectivity index (χ1v) is 5.44. The van der Waals surface area contributed by atoms with Crippen LogP contribution >= 0.6 is 0 Å². The molecule has 0 spiro atoms. The van der Waals surface area contributed by atoms with Gasteiger partial charge in [-0.1, -0.05) is 27.2 Å². The molecule has 1 aliphatic carbocycles. The Morgan fingerprint density at radius 1 is 1.50 bits per heavy atom. The van der Waals surface area contributed by atoms with Crippen LogP contribution in [0.2, 0.25) is 0 Å². The highest BCUT2D eigenvalue weighted by Crippen LogP contribution is 2.35. The lowest BCUT2D eigenvalue weighted by atomic mass is 9.80. The highest BCUT2D eigenvalue weighted by Gasteiger charge is 2.30. The number of ether oxygens (including phenoxy) is 1. The van der Waals surface area contributed by atoms with Crippen molar-refractivity contribution in [3.63, 3.8) is 0 Å². The molecule has 0 aliphatic heterocycles. The molecular weight excluding hydrogens is 176 g/mol. The molecule has 0 saturated carbocycles. The van der Waals surface area contributed by atoms with Crippen molar-refractivity contribution in [1.82, 2.24) is 0 Å². The van der Waals surface area contributed by atoms with Crippen molar-refractivity contribution in [2.75, 3.05) is 6.61 Å². The molecule has 0 heterocycles. The zero-order valence-electron chi connectivity index (χ0n) is 9.43. The summed E-state index contributed by atoms with van der Waals surface area (Å²) in [5.41, 5.74) is 0.0433. The van der Waals surface area contributed by atoms with E-state index in [0.29, 0.717) is 6.42 Å². The van der Waals surface area contributed by atoms with Crippen LogP contribution in [-0.4, -0.2) is 12.4 Å². The largest absolute Gasteiger partial charge is 0.497 e. The van der Waals surface area contributed by atoms with Crippen molar-refractivity contribution < 1.29 is 9.53 Å². The zero-order valence-corrected chi connectivity index (χ0v) is 9.43. The predicted molar refractivity (Wildman–Crippen MR) is 57.0 cm³/mol. The second kappa shape index (κ2) is 4.63. The molecule has 0 fully saturated rings. The fourth-order valence-corrected chi connectivity index (χ4v) is 1.54. The molecule has 80 valence electrons. The maximum absolute atomic E-state index is 11.2. The number of allylic oxidation sites excluding steroid dienone is 2. The van der Waals surface area contributed by atoms with Crippen LogP contribution in [0.3, 0.4) is 0 Å². The van der Waals surface area contributed by atoms with Gasteiger partial charge in [-0.05, 0) is 12.8 Å². The number of carbonyl (C=O) groups is 1. The lowest BCUT2D eigenvalue weighted by Gasteiger charge is -2.30. The monoisotopic (exact) mass is 196 g/mol. The summed E-state index contributed by atoms with van der Waals surface area (Å²) in [5, 5.41) is 0. The van der Waals surface area contributed by atoms with E-state index in [4.69, 9.17) is 4.74 Å². The molecule has 2 nitrogen and oxygen atoms in total. The van der Waals surface area contributed by atoms with Gasteiger partial charge in [-0.2, -0.15) is 0 Å². The van der Waals surface area contributed by atoms with E-state index in [2.05, 4.69) is 20.8 Å². The molecule has 0 aromatic carbocycles. The Bertz CT molecular complexity index is 239. The number of hydrogen-bond donors (Lipinski definition) is 0. The number of rotatable bonds is 4. The Morgan fingerprint density at radius 3 is 2.86 bits per heavy atom. The minimum absolute atomic E-state index is 0.0433. The van der Waals surface area contributed by atoms with Crippen molar-refractivity contribution in [2.45, 2.75) is 46.5 Å². The molecule has 0 atom stereocenters. The average molecular weight is 196 g/mol. The van der Waals surface area contributed by atoms with Gasteiger partial charge in [-0.3, -0.25) is 4.79 Å². The average Bonchev–Trinajstić information content (AvgIpc) is 2.12. The fourth-order valence-electron chi connectivity index (χ4n) is 1.54. The quantitative estimate of drug-likeness (QED) is 0.646. The maximum atomic E-state index is 11.2. The molecule has 0 N–H and O–H groups in total. The van der Waals surface area contributed by atoms with E-state index >= 15 is 0 Å². The summed E-state index contributed by atoms with van der Waals surface area (Å²) in [6.07, 6.45) is 5.43. The minimum Gasteiger partial charge on any atom is -0.497 e. The van der Waals surface area contributed by atoms with Gasteiger partial charge in [0.05, 0.1) is 6.61 Å². The molecule has 0 amide bonds. The smallest absolute Gasteiger partial charge is 0.159 e. The predicted octanol–water partition coefficient (Wildman–Crippen LogP) is 3.08. The first kappa shape index (κ1) is 11.3. The van der Waals surface area contributed by atoms with Crippen LogP contribution in [0, 0.1) is 5.41 Å². The Morgan fingerprint density at radius 2 is 2.21 bits per heavy atom. The number of hydrogen-bond acceptors (Lipinski definition) is 2. The van der Waals surface area contributed by atoms with E-state index in [1.165, 1.54) is 0 Å². The number of carbonyl (C=O) groups excluding carboxylic acids is 1. The Hall–Kier alpha value is -0.790. The molecule has 1 rings (SSSR count). The summed E-state index contributed by atoms with van der Waals surface area (Å²) in [4.78, 5) is 11.2. The summed E-state index contributed by atoms with van der Waals surface area (Å²) in [7, 11) is 0. The van der Waals surface area contributed by atoms with E-state index in [9.17, 15) is 4.79 Å². The van der Waals surface area contributed by atoms with Crippen LogP contribution in [0.4, 0.5) is 0 Å². The van der Waals surface area contributed by atoms with Crippen molar-refractivity contribution in [3.8, 4) is 0 Å². The molecule has 0 saturated heterocycles. The summed E-state index contributed by atoms with van der Waals surface area (Å²) in [6, 6.07) is 0. The van der Waals surface area contributed by atoms with E-state index in [1.807, 2.05) is 0 Å². The lowest BCUT2D eigenvalue weighted by molar-refractivity contribution is -0.116. The van der Waals surface area contributed by atoms with Crippen LogP contribution in [-0.2, 0) is 9.53 Å². The highest BCUT2D eigenvalue weighted by atomic mass is 16.5. The molecule has 2 heteroatoms. The van der Waals surface area contributed by atoms with Gasteiger partial charge in [0, 0.05) is 17.9 Å². The molecule has 0 bridgehead atoms. The molecule has 0 radical (unpaired) electrons. The Labute approximate surface area is 86.3 Å². The van der Waals surface area contributed by atoms with Crippen LogP contribution in [0.25, 0.3) is 0 Å². The molecule has 0 aromatic heterocycles. The van der Waals surface area contributed by atoms with Gasteiger partial charge in [0.2, 0.25) is 0 Å². The fraction of sp³-hybridized carbons (Fsp3) is 0.750. The van der Waals surface area contributed by atoms with Crippen molar-refractivity contribution in [3.05, 3.63) is 11.8 Å². The Kier molecular flexibility index (Phi) is 3.73. The van der Waals surface area contributed by atoms with Crippen LogP contribution in [0.1, 0.15) is 46.5 Å². The van der Waals surface area contributed by atoms with E-state index in [1.54, 1.807) is 6.08 Å². The molecule has 14 heavy (non-hydrogen) atoms. The van der Waals surface area contributed by atoms with Crippen LogP contribution in [0.5, 0.6) is 0 Å². The normalized spacial score (nSPS) is 20.5. The van der Waals surface area contributed by atoms with Gasteiger partial charge in [0.25, 0.3) is 0 Å². The first-order valence-electron chi connectivity index (χ1n) is 5.44. The van der Waals surface area contributed by atoms with Crippen molar-refractivity contribution >= 4 is 5.78 Å². The topological polar surface area (TPSA) is 26.3 Å². The van der Waals surface area contributed by atoms with Gasteiger partial charge in [0.15, 0.2) is 5.78 Å². The van der Waals surface area contributed by atoms with E-state index in [0.717, 1.165) is 31.6 Å².